The van der Waals surface area contributed by atoms with Gasteiger partial charge in [0.2, 0.25) is 0 Å². The Labute approximate surface area is 54.3 Å². The molecule has 8 heavy (non-hydrogen) atoms. The Balaban J connectivity index is 3.09. The van der Waals surface area contributed by atoms with Gasteiger partial charge in [0.25, 0.3) is 0 Å². The van der Waals surface area contributed by atoms with Crippen molar-refractivity contribution >= 4 is 30.7 Å². The molecule has 0 bridgehead atoms. The lowest BCUT2D eigenvalue weighted by atomic mass is 9.96. The van der Waals surface area contributed by atoms with Gasteiger partial charge in [0.1, 0.15) is 7.85 Å². The first-order valence-corrected chi connectivity index (χ1v) is 3.23. The summed E-state index contributed by atoms with van der Waals surface area (Å²) < 4.78 is 0. The van der Waals surface area contributed by atoms with Gasteiger partial charge in [-0.3, -0.25) is 0 Å². The summed E-state index contributed by atoms with van der Waals surface area (Å²) in [6, 6.07) is 0. The fraction of sp³-hybridized carbons (Fsp3) is 0. The molecule has 0 saturated heterocycles. The minimum Gasteiger partial charge on any atom is -0.152 e. The Hall–Kier alpha value is -0.495. The van der Waals surface area contributed by atoms with Crippen LogP contribution in [-0.2, 0) is 0 Å². The van der Waals surface area contributed by atoms with Crippen LogP contribution in [0.15, 0.2) is 17.3 Å². The highest BCUT2D eigenvalue weighted by Crippen LogP contribution is 2.01. The summed E-state index contributed by atoms with van der Waals surface area (Å²) >= 11 is 1.59. The molecular weight excluding hydrogens is 115 g/mol. The van der Waals surface area contributed by atoms with Gasteiger partial charge in [0, 0.05) is 0 Å². The van der Waals surface area contributed by atoms with Crippen LogP contribution < -0.4 is 5.46 Å². The summed E-state index contributed by atoms with van der Waals surface area (Å²) in [7, 11) is 5.49. The predicted octanol–water partition coefficient (Wildman–Crippen LogP) is 1.18. The van der Waals surface area contributed by atoms with E-state index in [1.807, 2.05) is 10.8 Å². The van der Waals surface area contributed by atoms with Crippen LogP contribution in [0.1, 0.15) is 5.56 Å². The summed E-state index contributed by atoms with van der Waals surface area (Å²) in [5.41, 5.74) is 1.86. The van der Waals surface area contributed by atoms with Crippen molar-refractivity contribution in [2.24, 2.45) is 0 Å². The van der Waals surface area contributed by atoms with E-state index in [0.717, 1.165) is 11.0 Å². The Bertz CT molecular complexity index is 190. The normalized spacial score (nSPS) is 9.00. The largest absolute Gasteiger partial charge is 0.152 e. The average Bonchev–Trinajstić information content (AvgIpc) is 2.14. The van der Waals surface area contributed by atoms with Gasteiger partial charge in [-0.2, -0.15) is 11.3 Å². The maximum absolute atomic E-state index is 5.49. The second-order valence-corrected chi connectivity index (χ2v) is 2.23. The van der Waals surface area contributed by atoms with Gasteiger partial charge >= 0.3 is 0 Å². The first-order valence-electron chi connectivity index (χ1n) is 2.28. The van der Waals surface area contributed by atoms with E-state index in [2.05, 4.69) is 6.58 Å². The molecule has 0 nitrogen and oxygen atoms in total. The Morgan fingerprint density at radius 3 is 2.62 bits per heavy atom. The van der Waals surface area contributed by atoms with Crippen molar-refractivity contribution in [3.63, 3.8) is 0 Å². The first kappa shape index (κ1) is 5.64. The van der Waals surface area contributed by atoms with Gasteiger partial charge in [-0.15, -0.1) is 0 Å². The molecule has 0 fully saturated rings. The number of rotatable bonds is 1. The SMILES string of the molecule is [B]c1cscc1C=C. The second-order valence-electron chi connectivity index (χ2n) is 1.49. The first-order chi connectivity index (χ1) is 3.84. The molecule has 0 atom stereocenters. The monoisotopic (exact) mass is 120 g/mol. The molecule has 0 aliphatic rings. The molecule has 2 radical (unpaired) electrons. The highest BCUT2D eigenvalue weighted by Gasteiger charge is 1.89. The third-order valence-corrected chi connectivity index (χ3v) is 1.72. The molecular formula is C6H5BS. The molecule has 0 amide bonds. The minimum absolute atomic E-state index is 0.824. The van der Waals surface area contributed by atoms with Crippen molar-refractivity contribution < 1.29 is 0 Å². The van der Waals surface area contributed by atoms with E-state index in [1.165, 1.54) is 0 Å². The molecule has 1 aromatic rings. The van der Waals surface area contributed by atoms with Crippen LogP contribution in [0, 0.1) is 0 Å². The molecule has 0 aliphatic heterocycles. The molecule has 1 aromatic heterocycles. The Morgan fingerprint density at radius 2 is 2.38 bits per heavy atom. The standard InChI is InChI=1S/C6H5BS/c1-2-5-3-8-4-6(5)7/h2-4H,1H2. The molecule has 0 aliphatic carbocycles. The van der Waals surface area contributed by atoms with Crippen molar-refractivity contribution in [3.8, 4) is 0 Å². The summed E-state index contributed by atoms with van der Waals surface area (Å²) in [5.74, 6) is 0. The molecule has 1 heterocycles. The topological polar surface area (TPSA) is 0 Å². The molecule has 2 heteroatoms. The number of hydrogen-bond acceptors (Lipinski definition) is 1. The molecule has 0 unspecified atom stereocenters. The van der Waals surface area contributed by atoms with Gasteiger partial charge in [-0.1, -0.05) is 18.1 Å². The third kappa shape index (κ3) is 0.844. The molecule has 0 N–H and O–H groups in total. The Morgan fingerprint density at radius 1 is 1.62 bits per heavy atom. The quantitative estimate of drug-likeness (QED) is 0.488. The van der Waals surface area contributed by atoms with E-state index < -0.39 is 0 Å². The molecule has 1 rings (SSSR count). The molecule has 0 aromatic carbocycles. The molecule has 0 spiro atoms. The van der Waals surface area contributed by atoms with Gasteiger partial charge in [-0.25, -0.2) is 0 Å². The zero-order chi connectivity index (χ0) is 5.98. The Kier molecular flexibility index (Phi) is 1.54. The van der Waals surface area contributed by atoms with Crippen LogP contribution in [0.5, 0.6) is 0 Å². The van der Waals surface area contributed by atoms with Crippen LogP contribution in [-0.4, -0.2) is 7.85 Å². The van der Waals surface area contributed by atoms with E-state index >= 15 is 0 Å². The average molecular weight is 120 g/mol. The van der Waals surface area contributed by atoms with Gasteiger partial charge in [0.05, 0.1) is 0 Å². The van der Waals surface area contributed by atoms with Crippen molar-refractivity contribution in [2.45, 2.75) is 0 Å². The third-order valence-electron chi connectivity index (χ3n) is 0.943. The van der Waals surface area contributed by atoms with Crippen LogP contribution in [0.4, 0.5) is 0 Å². The van der Waals surface area contributed by atoms with E-state index in [4.69, 9.17) is 7.85 Å². The van der Waals surface area contributed by atoms with Gasteiger partial charge < -0.3 is 0 Å². The van der Waals surface area contributed by atoms with E-state index in [0.29, 0.717) is 0 Å². The molecule has 0 saturated carbocycles. The fourth-order valence-corrected chi connectivity index (χ4v) is 1.21. The summed E-state index contributed by atoms with van der Waals surface area (Å²) in [4.78, 5) is 0. The predicted molar refractivity (Wildman–Crippen MR) is 39.8 cm³/mol. The van der Waals surface area contributed by atoms with Crippen molar-refractivity contribution in [1.29, 1.82) is 0 Å². The lowest BCUT2D eigenvalue weighted by molar-refractivity contribution is 1.99. The van der Waals surface area contributed by atoms with E-state index in [9.17, 15) is 0 Å². The smallest absolute Gasteiger partial charge is 0.115 e. The highest BCUT2D eigenvalue weighted by atomic mass is 32.1. The second kappa shape index (κ2) is 2.18. The van der Waals surface area contributed by atoms with Crippen molar-refractivity contribution in [2.75, 3.05) is 0 Å². The highest BCUT2D eigenvalue weighted by molar-refractivity contribution is 7.09. The van der Waals surface area contributed by atoms with Gasteiger partial charge in [-0.05, 0) is 16.3 Å². The maximum atomic E-state index is 5.49. The molecule has 38 valence electrons. The summed E-state index contributed by atoms with van der Waals surface area (Å²) in [5, 5.41) is 3.87. The number of thiophene rings is 1. The van der Waals surface area contributed by atoms with E-state index in [1.54, 1.807) is 17.4 Å². The van der Waals surface area contributed by atoms with Crippen molar-refractivity contribution in [1.82, 2.24) is 0 Å². The summed E-state index contributed by atoms with van der Waals surface area (Å²) in [6.07, 6.45) is 1.76. The van der Waals surface area contributed by atoms with E-state index in [-0.39, 0.29) is 0 Å². The van der Waals surface area contributed by atoms with Crippen LogP contribution >= 0.6 is 11.3 Å². The van der Waals surface area contributed by atoms with Crippen molar-refractivity contribution in [3.05, 3.63) is 22.9 Å². The summed E-state index contributed by atoms with van der Waals surface area (Å²) in [6.45, 7) is 3.59. The minimum atomic E-state index is 0.824. The van der Waals surface area contributed by atoms with Gasteiger partial charge in [0.15, 0.2) is 0 Å². The van der Waals surface area contributed by atoms with Crippen LogP contribution in [0.3, 0.4) is 0 Å². The van der Waals surface area contributed by atoms with Crippen LogP contribution in [0.25, 0.3) is 6.08 Å². The lowest BCUT2D eigenvalue weighted by Crippen LogP contribution is -1.99. The fourth-order valence-electron chi connectivity index (χ4n) is 0.483. The zero-order valence-corrected chi connectivity index (χ0v) is 5.24. The van der Waals surface area contributed by atoms with Crippen LogP contribution in [0.2, 0.25) is 0 Å². The lowest BCUT2D eigenvalue weighted by Gasteiger charge is -1.83. The number of hydrogen-bond donors (Lipinski definition) is 0. The zero-order valence-electron chi connectivity index (χ0n) is 4.42. The maximum Gasteiger partial charge on any atom is 0.115 e.